The molecule has 0 amide bonds. The first-order chi connectivity index (χ1) is 13.2. The smallest absolute Gasteiger partial charge is 0.331 e. The molecular formula is C21H21N3O3. The van der Waals surface area contributed by atoms with Crippen LogP contribution in [0.5, 0.6) is 5.75 Å². The molecule has 27 heavy (non-hydrogen) atoms. The Labute approximate surface area is 158 Å². The summed E-state index contributed by atoms with van der Waals surface area (Å²) in [5.74, 6) is 0.277. The van der Waals surface area contributed by atoms with Gasteiger partial charge in [0.25, 0.3) is 0 Å². The lowest BCUT2D eigenvalue weighted by atomic mass is 10.2. The molecule has 0 N–H and O–H groups in total. The molecule has 0 bridgehead atoms. The van der Waals surface area contributed by atoms with Gasteiger partial charge in [-0.1, -0.05) is 53.7 Å². The van der Waals surface area contributed by atoms with Gasteiger partial charge in [0.15, 0.2) is 0 Å². The Kier molecular flexibility index (Phi) is 6.35. The van der Waals surface area contributed by atoms with Crippen LogP contribution < -0.4 is 4.74 Å². The predicted molar refractivity (Wildman–Crippen MR) is 102 cm³/mol. The number of carbonyl (C=O) groups excluding carboxylic acids is 1. The number of nitrogens with zero attached hydrogens (tertiary/aromatic N) is 3. The molecule has 1 heterocycles. The largest absolute Gasteiger partial charge is 0.493 e. The molecule has 6 nitrogen and oxygen atoms in total. The van der Waals surface area contributed by atoms with Crippen LogP contribution >= 0.6 is 0 Å². The van der Waals surface area contributed by atoms with Crippen LogP contribution in [0, 0.1) is 0 Å². The Morgan fingerprint density at radius 1 is 1.11 bits per heavy atom. The van der Waals surface area contributed by atoms with E-state index in [2.05, 4.69) is 10.3 Å². The standard InChI is InChI=1S/C21H21N3O3/c1-2-26-20-11-7-6-10-18(20)16-27-21(25)13-12-19-15-24(23-22-19)14-17-8-4-3-5-9-17/h3-13,15H,2,14,16H2,1H3/b13-12+. The number of rotatable bonds is 8. The van der Waals surface area contributed by atoms with Crippen LogP contribution in [0.4, 0.5) is 0 Å². The van der Waals surface area contributed by atoms with Crippen molar-refractivity contribution in [2.24, 2.45) is 0 Å². The third-order valence-electron chi connectivity index (χ3n) is 3.78. The van der Waals surface area contributed by atoms with E-state index in [1.807, 2.05) is 61.5 Å². The van der Waals surface area contributed by atoms with Crippen molar-refractivity contribution in [3.05, 3.63) is 83.7 Å². The lowest BCUT2D eigenvalue weighted by molar-refractivity contribution is -0.138. The van der Waals surface area contributed by atoms with Crippen molar-refractivity contribution in [2.45, 2.75) is 20.1 Å². The van der Waals surface area contributed by atoms with E-state index < -0.39 is 5.97 Å². The molecule has 2 aromatic carbocycles. The van der Waals surface area contributed by atoms with Gasteiger partial charge in [-0.15, -0.1) is 5.10 Å². The van der Waals surface area contributed by atoms with Crippen molar-refractivity contribution in [1.29, 1.82) is 0 Å². The van der Waals surface area contributed by atoms with Crippen LogP contribution in [0.3, 0.4) is 0 Å². The molecule has 3 aromatic rings. The number of esters is 1. The van der Waals surface area contributed by atoms with Gasteiger partial charge in [-0.3, -0.25) is 0 Å². The van der Waals surface area contributed by atoms with E-state index in [1.54, 1.807) is 17.0 Å². The highest BCUT2D eigenvalue weighted by molar-refractivity contribution is 5.86. The molecule has 1 aromatic heterocycles. The van der Waals surface area contributed by atoms with Gasteiger partial charge in [-0.05, 0) is 24.6 Å². The summed E-state index contributed by atoms with van der Waals surface area (Å²) in [4.78, 5) is 12.0. The molecule has 0 spiro atoms. The SMILES string of the molecule is CCOc1ccccc1COC(=O)/C=C/c1cn(Cc2ccccc2)nn1. The number of carbonyl (C=O) groups is 1. The highest BCUT2D eigenvalue weighted by atomic mass is 16.5. The van der Waals surface area contributed by atoms with Crippen molar-refractivity contribution < 1.29 is 14.3 Å². The molecule has 0 atom stereocenters. The van der Waals surface area contributed by atoms with Gasteiger partial charge in [0, 0.05) is 11.6 Å². The molecule has 0 saturated heterocycles. The van der Waals surface area contributed by atoms with E-state index in [0.717, 1.165) is 16.9 Å². The predicted octanol–water partition coefficient (Wildman–Crippen LogP) is 3.48. The average Bonchev–Trinajstić information content (AvgIpc) is 3.14. The molecular weight excluding hydrogens is 342 g/mol. The van der Waals surface area contributed by atoms with Crippen LogP contribution in [0.15, 0.2) is 66.9 Å². The van der Waals surface area contributed by atoms with Crippen molar-refractivity contribution in [1.82, 2.24) is 15.0 Å². The van der Waals surface area contributed by atoms with Crippen LogP contribution in [-0.2, 0) is 22.7 Å². The summed E-state index contributed by atoms with van der Waals surface area (Å²) in [5, 5.41) is 8.10. The monoisotopic (exact) mass is 363 g/mol. The Morgan fingerprint density at radius 3 is 2.70 bits per heavy atom. The summed E-state index contributed by atoms with van der Waals surface area (Å²) in [5.41, 5.74) is 2.55. The molecule has 3 rings (SSSR count). The number of hydrogen-bond acceptors (Lipinski definition) is 5. The quantitative estimate of drug-likeness (QED) is 0.453. The topological polar surface area (TPSA) is 66.2 Å². The zero-order valence-corrected chi connectivity index (χ0v) is 15.1. The van der Waals surface area contributed by atoms with Crippen LogP contribution in [0.25, 0.3) is 6.08 Å². The van der Waals surface area contributed by atoms with Crippen molar-refractivity contribution in [3.8, 4) is 5.75 Å². The maximum atomic E-state index is 12.0. The molecule has 0 aliphatic carbocycles. The summed E-state index contributed by atoms with van der Waals surface area (Å²) in [7, 11) is 0. The van der Waals surface area contributed by atoms with Crippen molar-refractivity contribution in [3.63, 3.8) is 0 Å². The first-order valence-electron chi connectivity index (χ1n) is 8.74. The Hall–Kier alpha value is -3.41. The van der Waals surface area contributed by atoms with Gasteiger partial charge in [0.05, 0.1) is 19.3 Å². The van der Waals surface area contributed by atoms with Gasteiger partial charge in [0.1, 0.15) is 18.1 Å². The van der Waals surface area contributed by atoms with E-state index in [4.69, 9.17) is 9.47 Å². The first-order valence-corrected chi connectivity index (χ1v) is 8.74. The maximum absolute atomic E-state index is 12.0. The summed E-state index contributed by atoms with van der Waals surface area (Å²) < 4.78 is 12.5. The number of para-hydroxylation sites is 1. The number of ether oxygens (including phenoxy) is 2. The van der Waals surface area contributed by atoms with E-state index in [-0.39, 0.29) is 6.61 Å². The van der Waals surface area contributed by atoms with Gasteiger partial charge < -0.3 is 9.47 Å². The van der Waals surface area contributed by atoms with E-state index in [1.165, 1.54) is 6.08 Å². The second-order valence-electron chi connectivity index (χ2n) is 5.81. The summed E-state index contributed by atoms with van der Waals surface area (Å²) in [6.45, 7) is 3.25. The fourth-order valence-corrected chi connectivity index (χ4v) is 2.51. The summed E-state index contributed by atoms with van der Waals surface area (Å²) in [6.07, 6.45) is 4.71. The molecule has 0 radical (unpaired) electrons. The molecule has 6 heteroatoms. The second-order valence-corrected chi connectivity index (χ2v) is 5.81. The maximum Gasteiger partial charge on any atom is 0.331 e. The molecule has 0 aliphatic rings. The van der Waals surface area contributed by atoms with Crippen LogP contribution in [0.2, 0.25) is 0 Å². The minimum atomic E-state index is -0.445. The molecule has 138 valence electrons. The van der Waals surface area contributed by atoms with Gasteiger partial charge in [0.2, 0.25) is 0 Å². The fraction of sp³-hybridized carbons (Fsp3) is 0.190. The van der Waals surface area contributed by atoms with Crippen LogP contribution in [0.1, 0.15) is 23.7 Å². The lowest BCUT2D eigenvalue weighted by Gasteiger charge is -2.09. The van der Waals surface area contributed by atoms with E-state index in [0.29, 0.717) is 18.8 Å². The number of benzene rings is 2. The molecule has 0 saturated carbocycles. The molecule has 0 unspecified atom stereocenters. The zero-order chi connectivity index (χ0) is 18.9. The summed E-state index contributed by atoms with van der Waals surface area (Å²) in [6, 6.07) is 17.5. The molecule has 0 aliphatic heterocycles. The average molecular weight is 363 g/mol. The molecule has 0 fully saturated rings. The van der Waals surface area contributed by atoms with E-state index in [9.17, 15) is 4.79 Å². The number of hydrogen-bond donors (Lipinski definition) is 0. The number of aromatic nitrogens is 3. The minimum absolute atomic E-state index is 0.153. The first kappa shape index (κ1) is 18.4. The normalized spacial score (nSPS) is 10.9. The van der Waals surface area contributed by atoms with Crippen molar-refractivity contribution in [2.75, 3.05) is 6.61 Å². The fourth-order valence-electron chi connectivity index (χ4n) is 2.51. The Morgan fingerprint density at radius 2 is 1.89 bits per heavy atom. The highest BCUT2D eigenvalue weighted by Gasteiger charge is 2.05. The summed E-state index contributed by atoms with van der Waals surface area (Å²) >= 11 is 0. The second kappa shape index (κ2) is 9.33. The Bertz CT molecular complexity index is 904. The zero-order valence-electron chi connectivity index (χ0n) is 15.1. The van der Waals surface area contributed by atoms with E-state index >= 15 is 0 Å². The third-order valence-corrected chi connectivity index (χ3v) is 3.78. The van der Waals surface area contributed by atoms with Gasteiger partial charge >= 0.3 is 5.97 Å². The van der Waals surface area contributed by atoms with Gasteiger partial charge in [-0.25, -0.2) is 9.48 Å². The third kappa shape index (κ3) is 5.54. The van der Waals surface area contributed by atoms with Crippen LogP contribution in [-0.4, -0.2) is 27.6 Å². The minimum Gasteiger partial charge on any atom is -0.493 e. The van der Waals surface area contributed by atoms with Crippen molar-refractivity contribution >= 4 is 12.0 Å². The van der Waals surface area contributed by atoms with Gasteiger partial charge in [-0.2, -0.15) is 0 Å². The highest BCUT2D eigenvalue weighted by Crippen LogP contribution is 2.18. The lowest BCUT2D eigenvalue weighted by Crippen LogP contribution is -2.03. The Balaban J connectivity index is 1.53.